The lowest BCUT2D eigenvalue weighted by molar-refractivity contribution is -0.117. The second-order valence-electron chi connectivity index (χ2n) is 8.02. The second kappa shape index (κ2) is 8.43. The van der Waals surface area contributed by atoms with E-state index in [0.717, 1.165) is 42.0 Å². The molecular weight excluding hydrogens is 394 g/mol. The fraction of sp³-hybridized carbons (Fsp3) is 0.333. The maximum absolute atomic E-state index is 12.7. The van der Waals surface area contributed by atoms with Gasteiger partial charge >= 0.3 is 0 Å². The van der Waals surface area contributed by atoms with Crippen molar-refractivity contribution in [1.29, 1.82) is 0 Å². The summed E-state index contributed by atoms with van der Waals surface area (Å²) in [6, 6.07) is 16.0. The number of anilines is 1. The lowest BCUT2D eigenvalue weighted by atomic mass is 10.0. The van der Waals surface area contributed by atoms with Crippen LogP contribution in [0.4, 0.5) is 5.88 Å². The first kappa shape index (κ1) is 19.6. The van der Waals surface area contributed by atoms with Gasteiger partial charge in [0.1, 0.15) is 18.9 Å². The summed E-state index contributed by atoms with van der Waals surface area (Å²) in [5.74, 6) is 1.81. The molecule has 2 aromatic carbocycles. The zero-order valence-electron chi connectivity index (χ0n) is 17.5. The van der Waals surface area contributed by atoms with Crippen LogP contribution in [-0.4, -0.2) is 42.3 Å². The number of hydrogen-bond acceptors (Lipinski definition) is 6. The van der Waals surface area contributed by atoms with E-state index in [-0.39, 0.29) is 11.9 Å². The number of amides is 1. The summed E-state index contributed by atoms with van der Waals surface area (Å²) >= 11 is 0. The lowest BCUT2D eigenvalue weighted by Gasteiger charge is -2.26. The number of aryl methyl sites for hydroxylation is 1. The van der Waals surface area contributed by atoms with Gasteiger partial charge in [0.15, 0.2) is 11.5 Å². The van der Waals surface area contributed by atoms with Crippen LogP contribution in [-0.2, 0) is 4.79 Å². The number of benzene rings is 2. The summed E-state index contributed by atoms with van der Waals surface area (Å²) < 4.78 is 16.7. The van der Waals surface area contributed by atoms with Crippen molar-refractivity contribution < 1.29 is 18.8 Å². The molecule has 5 rings (SSSR count). The van der Waals surface area contributed by atoms with Gasteiger partial charge in [0, 0.05) is 17.7 Å². The Morgan fingerprint density at radius 2 is 1.90 bits per heavy atom. The van der Waals surface area contributed by atoms with Gasteiger partial charge in [-0.05, 0) is 44.0 Å². The van der Waals surface area contributed by atoms with Crippen LogP contribution in [0.2, 0.25) is 0 Å². The van der Waals surface area contributed by atoms with Crippen molar-refractivity contribution in [2.75, 3.05) is 31.6 Å². The predicted octanol–water partition coefficient (Wildman–Crippen LogP) is 4.20. The number of carbonyl (C=O) groups is 1. The molecule has 1 fully saturated rings. The first-order valence-corrected chi connectivity index (χ1v) is 10.6. The first-order valence-electron chi connectivity index (χ1n) is 10.6. The van der Waals surface area contributed by atoms with Crippen molar-refractivity contribution in [2.45, 2.75) is 25.8 Å². The minimum absolute atomic E-state index is 0.115. The summed E-state index contributed by atoms with van der Waals surface area (Å²) in [4.78, 5) is 14.9. The first-order chi connectivity index (χ1) is 15.2. The third-order valence-corrected chi connectivity index (χ3v) is 5.78. The highest BCUT2D eigenvalue weighted by Crippen LogP contribution is 2.38. The van der Waals surface area contributed by atoms with Gasteiger partial charge < -0.3 is 14.0 Å². The van der Waals surface area contributed by atoms with E-state index in [2.05, 4.69) is 21.4 Å². The van der Waals surface area contributed by atoms with E-state index in [1.165, 1.54) is 5.56 Å². The van der Waals surface area contributed by atoms with E-state index in [1.54, 1.807) is 6.07 Å². The van der Waals surface area contributed by atoms with E-state index in [4.69, 9.17) is 14.0 Å². The number of carbonyl (C=O) groups excluding carboxylic acids is 1. The number of aromatic nitrogens is 1. The smallest absolute Gasteiger partial charge is 0.240 e. The highest BCUT2D eigenvalue weighted by Gasteiger charge is 2.29. The number of rotatable bonds is 5. The van der Waals surface area contributed by atoms with E-state index in [1.807, 2.05) is 43.3 Å². The largest absolute Gasteiger partial charge is 0.486 e. The van der Waals surface area contributed by atoms with Crippen molar-refractivity contribution >= 4 is 11.8 Å². The highest BCUT2D eigenvalue weighted by atomic mass is 16.6. The van der Waals surface area contributed by atoms with Gasteiger partial charge in [-0.3, -0.25) is 15.0 Å². The van der Waals surface area contributed by atoms with Crippen LogP contribution < -0.4 is 14.8 Å². The van der Waals surface area contributed by atoms with Gasteiger partial charge in [-0.2, -0.15) is 0 Å². The minimum Gasteiger partial charge on any atom is -0.486 e. The molecule has 0 spiro atoms. The molecule has 0 bridgehead atoms. The van der Waals surface area contributed by atoms with Crippen LogP contribution in [0.25, 0.3) is 11.3 Å². The summed E-state index contributed by atoms with van der Waals surface area (Å²) in [6.07, 6.45) is 2.05. The lowest BCUT2D eigenvalue weighted by Crippen LogP contribution is -2.32. The molecule has 1 saturated heterocycles. The fourth-order valence-corrected chi connectivity index (χ4v) is 4.22. The van der Waals surface area contributed by atoms with Crippen LogP contribution in [0, 0.1) is 6.92 Å². The molecule has 1 amide bonds. The van der Waals surface area contributed by atoms with E-state index < -0.39 is 0 Å². The minimum atomic E-state index is -0.115. The SMILES string of the molecule is Cc1ccc(-c2cc(NC(=O)CN3CCC[C@@H]3c3ccc4c(c3)OCCO4)on2)cc1. The number of nitrogens with zero attached hydrogens (tertiary/aromatic N) is 2. The molecule has 3 aromatic rings. The Morgan fingerprint density at radius 1 is 1.10 bits per heavy atom. The van der Waals surface area contributed by atoms with Crippen LogP contribution in [0.3, 0.4) is 0 Å². The van der Waals surface area contributed by atoms with Gasteiger partial charge in [0.05, 0.1) is 6.54 Å². The number of likely N-dealkylation sites (tertiary alicyclic amines) is 1. The Labute approximate surface area is 180 Å². The molecule has 3 heterocycles. The third-order valence-electron chi connectivity index (χ3n) is 5.78. The van der Waals surface area contributed by atoms with Gasteiger partial charge in [-0.15, -0.1) is 0 Å². The molecule has 0 radical (unpaired) electrons. The Morgan fingerprint density at radius 3 is 2.74 bits per heavy atom. The second-order valence-corrected chi connectivity index (χ2v) is 8.02. The summed E-state index contributed by atoms with van der Waals surface area (Å²) in [7, 11) is 0. The Bertz CT molecular complexity index is 1080. The molecule has 2 aliphatic heterocycles. The van der Waals surface area contributed by atoms with Crippen molar-refractivity contribution in [2.24, 2.45) is 0 Å². The van der Waals surface area contributed by atoms with Crippen LogP contribution in [0.5, 0.6) is 11.5 Å². The average molecular weight is 419 g/mol. The molecule has 1 atom stereocenters. The van der Waals surface area contributed by atoms with Gasteiger partial charge in [-0.1, -0.05) is 41.1 Å². The molecular formula is C24H25N3O4. The molecule has 7 heteroatoms. The van der Waals surface area contributed by atoms with Crippen molar-refractivity contribution in [3.05, 3.63) is 59.7 Å². The predicted molar refractivity (Wildman–Crippen MR) is 116 cm³/mol. The topological polar surface area (TPSA) is 76.8 Å². The fourth-order valence-electron chi connectivity index (χ4n) is 4.22. The number of ether oxygens (including phenoxy) is 2. The standard InChI is InChI=1S/C24H25N3O4/c1-16-4-6-17(7-5-16)19-14-24(31-26-19)25-23(28)15-27-10-2-3-20(27)18-8-9-21-22(13-18)30-12-11-29-21/h4-9,13-14,20H,2-3,10-12,15H2,1H3,(H,25,28)/t20-/m1/s1. The summed E-state index contributed by atoms with van der Waals surface area (Å²) in [5.41, 5.74) is 3.98. The molecule has 0 aliphatic carbocycles. The van der Waals surface area contributed by atoms with Crippen molar-refractivity contribution in [1.82, 2.24) is 10.1 Å². The Hall–Kier alpha value is -3.32. The van der Waals surface area contributed by atoms with Crippen LogP contribution in [0.1, 0.15) is 30.0 Å². The Kier molecular flexibility index (Phi) is 5.34. The molecule has 0 saturated carbocycles. The number of nitrogens with one attached hydrogen (secondary N) is 1. The van der Waals surface area contributed by atoms with Gasteiger partial charge in [0.2, 0.25) is 11.8 Å². The maximum Gasteiger partial charge on any atom is 0.240 e. The molecule has 1 aromatic heterocycles. The van der Waals surface area contributed by atoms with Crippen molar-refractivity contribution in [3.8, 4) is 22.8 Å². The van der Waals surface area contributed by atoms with Crippen LogP contribution in [0.15, 0.2) is 53.1 Å². The molecule has 160 valence electrons. The average Bonchev–Trinajstić information content (AvgIpc) is 3.43. The summed E-state index contributed by atoms with van der Waals surface area (Å²) in [6.45, 7) is 4.34. The number of hydrogen-bond donors (Lipinski definition) is 1. The molecule has 7 nitrogen and oxygen atoms in total. The molecule has 31 heavy (non-hydrogen) atoms. The monoisotopic (exact) mass is 419 g/mol. The maximum atomic E-state index is 12.7. The Balaban J connectivity index is 1.23. The van der Waals surface area contributed by atoms with E-state index in [9.17, 15) is 4.79 Å². The summed E-state index contributed by atoms with van der Waals surface area (Å²) in [5, 5.41) is 6.91. The van der Waals surface area contributed by atoms with Crippen LogP contribution >= 0.6 is 0 Å². The van der Waals surface area contributed by atoms with Crippen molar-refractivity contribution in [3.63, 3.8) is 0 Å². The molecule has 1 N–H and O–H groups in total. The quantitative estimate of drug-likeness (QED) is 0.668. The molecule has 2 aliphatic rings. The number of fused-ring (bicyclic) bond motifs is 1. The third kappa shape index (κ3) is 4.27. The van der Waals surface area contributed by atoms with Gasteiger partial charge in [0.25, 0.3) is 0 Å². The normalized spacial score (nSPS) is 18.2. The van der Waals surface area contributed by atoms with E-state index in [0.29, 0.717) is 31.3 Å². The zero-order valence-corrected chi connectivity index (χ0v) is 17.5. The zero-order chi connectivity index (χ0) is 21.2. The van der Waals surface area contributed by atoms with E-state index >= 15 is 0 Å². The highest BCUT2D eigenvalue weighted by molar-refractivity contribution is 5.91. The van der Waals surface area contributed by atoms with Gasteiger partial charge in [-0.25, -0.2) is 0 Å². The molecule has 0 unspecified atom stereocenters.